The largest absolute Gasteiger partial charge is 0.502 e. The molecule has 0 atom stereocenters. The van der Waals surface area contributed by atoms with Gasteiger partial charge in [-0.1, -0.05) is 6.07 Å². The van der Waals surface area contributed by atoms with Crippen molar-refractivity contribution in [2.75, 3.05) is 57.9 Å². The zero-order valence-corrected chi connectivity index (χ0v) is 22.9. The minimum absolute atomic E-state index is 0.0117. The standard InChI is InChI=1S/C25H32F2N3O8P/c1-4-37-39(35,38-5-2)13-11-29-16-28(10-12-36-3)25(34)22-24(33)23(32)19(15-30(22)29)21(31)9-7-17-6-8-18(26)14-20(17)27/h6,8,14-15,33H,4-5,7,9-13,16H2,1-3H3. The molecule has 14 heteroatoms. The van der Waals surface area contributed by atoms with Gasteiger partial charge < -0.3 is 23.8 Å². The highest BCUT2D eigenvalue weighted by Crippen LogP contribution is 2.47. The Labute approximate surface area is 224 Å². The van der Waals surface area contributed by atoms with Crippen LogP contribution >= 0.6 is 7.60 Å². The predicted molar refractivity (Wildman–Crippen MR) is 138 cm³/mol. The molecule has 1 aromatic heterocycles. The van der Waals surface area contributed by atoms with Crippen LogP contribution in [0.3, 0.4) is 0 Å². The van der Waals surface area contributed by atoms with Gasteiger partial charge in [-0.05, 0) is 31.9 Å². The number of pyridine rings is 1. The summed E-state index contributed by atoms with van der Waals surface area (Å²) < 4.78 is 57.2. The van der Waals surface area contributed by atoms with Crippen molar-refractivity contribution in [3.05, 3.63) is 63.1 Å². The van der Waals surface area contributed by atoms with Gasteiger partial charge in [0.2, 0.25) is 5.43 Å². The van der Waals surface area contributed by atoms with E-state index in [1.54, 1.807) is 13.8 Å². The molecule has 214 valence electrons. The summed E-state index contributed by atoms with van der Waals surface area (Å²) in [6.07, 6.45) is 0.625. The number of rotatable bonds is 14. The number of carbonyl (C=O) groups excluding carboxylic acids is 2. The number of benzene rings is 1. The molecule has 11 nitrogen and oxygen atoms in total. The number of halogens is 2. The highest BCUT2D eigenvalue weighted by Gasteiger charge is 2.35. The van der Waals surface area contributed by atoms with Gasteiger partial charge in [0, 0.05) is 38.9 Å². The van der Waals surface area contributed by atoms with Crippen LogP contribution in [-0.4, -0.2) is 79.2 Å². The Hall–Kier alpha value is -3.12. The Morgan fingerprint density at radius 1 is 1.13 bits per heavy atom. The second kappa shape index (κ2) is 13.3. The molecule has 3 rings (SSSR count). The minimum atomic E-state index is -3.50. The number of methoxy groups -OCH3 is 1. The SMILES string of the molecule is CCOP(=O)(CCN1CN(CCOC)C(=O)c2c(O)c(=O)c(C(=O)CCc3ccc(F)cc3F)cn21)OCC. The molecule has 0 aliphatic carbocycles. The number of hydrogen-bond acceptors (Lipinski definition) is 9. The summed E-state index contributed by atoms with van der Waals surface area (Å²) in [6, 6.07) is 2.96. The number of Topliss-reactive ketones (excluding diaryl/α,β-unsaturated/α-hetero) is 1. The van der Waals surface area contributed by atoms with Crippen molar-refractivity contribution in [3.63, 3.8) is 0 Å². The topological polar surface area (TPSA) is 128 Å². The van der Waals surface area contributed by atoms with Gasteiger partial charge >= 0.3 is 7.60 Å². The number of aromatic hydroxyl groups is 1. The summed E-state index contributed by atoms with van der Waals surface area (Å²) in [5, 5.41) is 12.3. The third-order valence-electron chi connectivity index (χ3n) is 6.08. The Bertz CT molecular complexity index is 1310. The van der Waals surface area contributed by atoms with Gasteiger partial charge in [0.15, 0.2) is 17.2 Å². The van der Waals surface area contributed by atoms with Crippen molar-refractivity contribution < 1.29 is 41.8 Å². The number of nitrogens with zero attached hydrogens (tertiary/aromatic N) is 3. The number of aryl methyl sites for hydroxylation is 1. The van der Waals surface area contributed by atoms with E-state index >= 15 is 0 Å². The van der Waals surface area contributed by atoms with Crippen LogP contribution in [0.5, 0.6) is 5.75 Å². The maximum Gasteiger partial charge on any atom is 0.332 e. The molecular formula is C25H32F2N3O8P. The average molecular weight is 572 g/mol. The van der Waals surface area contributed by atoms with E-state index in [0.29, 0.717) is 6.07 Å². The fourth-order valence-corrected chi connectivity index (χ4v) is 5.74. The number of ketones is 1. The summed E-state index contributed by atoms with van der Waals surface area (Å²) in [4.78, 5) is 40.5. The first-order valence-electron chi connectivity index (χ1n) is 12.4. The molecule has 2 aromatic rings. The molecule has 1 aliphatic rings. The molecule has 0 spiro atoms. The first-order chi connectivity index (χ1) is 18.5. The van der Waals surface area contributed by atoms with E-state index in [9.17, 15) is 32.8 Å². The Morgan fingerprint density at radius 3 is 2.44 bits per heavy atom. The molecule has 1 aromatic carbocycles. The van der Waals surface area contributed by atoms with Crippen molar-refractivity contribution in [3.8, 4) is 5.75 Å². The Balaban J connectivity index is 1.96. The van der Waals surface area contributed by atoms with Gasteiger partial charge in [-0.2, -0.15) is 0 Å². The van der Waals surface area contributed by atoms with Gasteiger partial charge in [0.1, 0.15) is 18.3 Å². The number of amides is 1. The van der Waals surface area contributed by atoms with Gasteiger partial charge in [0.25, 0.3) is 5.91 Å². The fraction of sp³-hybridized carbons (Fsp3) is 0.480. The fourth-order valence-electron chi connectivity index (χ4n) is 4.15. The molecule has 2 heterocycles. The van der Waals surface area contributed by atoms with Crippen LogP contribution in [0.2, 0.25) is 0 Å². The molecule has 1 amide bonds. The predicted octanol–water partition coefficient (Wildman–Crippen LogP) is 2.91. The van der Waals surface area contributed by atoms with Crippen LogP contribution in [-0.2, 0) is 24.8 Å². The second-order valence-corrected chi connectivity index (χ2v) is 10.9. The van der Waals surface area contributed by atoms with Gasteiger partial charge in [-0.15, -0.1) is 0 Å². The summed E-state index contributed by atoms with van der Waals surface area (Å²) in [5.74, 6) is -3.89. The lowest BCUT2D eigenvalue weighted by molar-refractivity contribution is 0.0623. The zero-order valence-electron chi connectivity index (χ0n) is 22.0. The van der Waals surface area contributed by atoms with Crippen molar-refractivity contribution in [1.82, 2.24) is 9.58 Å². The third-order valence-corrected chi connectivity index (χ3v) is 8.13. The highest BCUT2D eigenvalue weighted by molar-refractivity contribution is 7.53. The number of carbonyl (C=O) groups is 2. The number of aromatic nitrogens is 1. The molecule has 0 radical (unpaired) electrons. The molecule has 0 fully saturated rings. The van der Waals surface area contributed by atoms with Gasteiger partial charge in [-0.3, -0.25) is 28.6 Å². The van der Waals surface area contributed by atoms with E-state index in [4.69, 9.17) is 13.8 Å². The molecular weight excluding hydrogens is 539 g/mol. The van der Waals surface area contributed by atoms with Crippen LogP contribution < -0.4 is 10.4 Å². The highest BCUT2D eigenvalue weighted by atomic mass is 31.2. The van der Waals surface area contributed by atoms with Gasteiger partial charge in [-0.25, -0.2) is 8.78 Å². The van der Waals surface area contributed by atoms with Crippen LogP contribution in [0, 0.1) is 11.6 Å². The van der Waals surface area contributed by atoms with Crippen LogP contribution in [0.1, 0.15) is 46.7 Å². The van der Waals surface area contributed by atoms with Crippen molar-refractivity contribution >= 4 is 19.3 Å². The Morgan fingerprint density at radius 2 is 1.82 bits per heavy atom. The summed E-state index contributed by atoms with van der Waals surface area (Å²) in [7, 11) is -2.04. The molecule has 0 bridgehead atoms. The van der Waals surface area contributed by atoms with E-state index in [2.05, 4.69) is 0 Å². The lowest BCUT2D eigenvalue weighted by Crippen LogP contribution is -2.55. The first-order valence-corrected chi connectivity index (χ1v) is 14.1. The van der Waals surface area contributed by atoms with E-state index in [0.717, 1.165) is 12.3 Å². The Kier molecular flexibility index (Phi) is 10.4. The lowest BCUT2D eigenvalue weighted by atomic mass is 10.0. The lowest BCUT2D eigenvalue weighted by Gasteiger charge is -2.40. The summed E-state index contributed by atoms with van der Waals surface area (Å²) >= 11 is 0. The van der Waals surface area contributed by atoms with Crippen molar-refractivity contribution in [2.24, 2.45) is 0 Å². The van der Waals surface area contributed by atoms with Crippen LogP contribution in [0.4, 0.5) is 8.78 Å². The average Bonchev–Trinajstić information content (AvgIpc) is 2.89. The van der Waals surface area contributed by atoms with E-state index in [1.165, 1.54) is 27.8 Å². The summed E-state index contributed by atoms with van der Waals surface area (Å²) in [5.41, 5.74) is -1.76. The number of ether oxygens (including phenoxy) is 1. The van der Waals surface area contributed by atoms with Crippen LogP contribution in [0.15, 0.2) is 29.2 Å². The van der Waals surface area contributed by atoms with E-state index < -0.39 is 47.7 Å². The zero-order chi connectivity index (χ0) is 28.7. The van der Waals surface area contributed by atoms with Crippen molar-refractivity contribution in [2.45, 2.75) is 26.7 Å². The normalized spacial score (nSPS) is 13.6. The number of fused-ring (bicyclic) bond motifs is 1. The maximum absolute atomic E-state index is 14.0. The van der Waals surface area contributed by atoms with Crippen molar-refractivity contribution in [1.29, 1.82) is 0 Å². The quantitative estimate of drug-likeness (QED) is 0.269. The summed E-state index contributed by atoms with van der Waals surface area (Å²) in [6.45, 7) is 3.92. The molecule has 39 heavy (non-hydrogen) atoms. The first kappa shape index (κ1) is 30.4. The second-order valence-electron chi connectivity index (χ2n) is 8.68. The monoisotopic (exact) mass is 571 g/mol. The van der Waals surface area contributed by atoms with Crippen LogP contribution in [0.25, 0.3) is 0 Å². The smallest absolute Gasteiger partial charge is 0.332 e. The van der Waals surface area contributed by atoms with E-state index in [-0.39, 0.29) is 69.8 Å². The maximum atomic E-state index is 14.0. The molecule has 1 N–H and O–H groups in total. The molecule has 0 saturated heterocycles. The third kappa shape index (κ3) is 7.10. The molecule has 0 unspecified atom stereocenters. The molecule has 0 saturated carbocycles. The number of hydrogen-bond donors (Lipinski definition) is 1. The minimum Gasteiger partial charge on any atom is -0.502 e. The van der Waals surface area contributed by atoms with Gasteiger partial charge in [0.05, 0.1) is 31.5 Å². The molecule has 1 aliphatic heterocycles. The van der Waals surface area contributed by atoms with E-state index in [1.807, 2.05) is 0 Å².